The number of carbonyl (C=O) groups is 1. The van der Waals surface area contributed by atoms with Gasteiger partial charge >= 0.3 is 0 Å². The van der Waals surface area contributed by atoms with Crippen molar-refractivity contribution in [2.24, 2.45) is 0 Å². The third kappa shape index (κ3) is 6.39. The highest BCUT2D eigenvalue weighted by Gasteiger charge is 2.34. The Morgan fingerprint density at radius 2 is 1.19 bits per heavy atom. The molecule has 5 nitrogen and oxygen atoms in total. The number of nitrogens with zero attached hydrogens (tertiary/aromatic N) is 1. The molecule has 1 amide bonds. The number of likely N-dealkylation sites (tertiary alicyclic amines) is 1. The zero-order valence-corrected chi connectivity index (χ0v) is 21.0. The smallest absolute Gasteiger partial charge is 0.219 e. The number of benzene rings is 2. The van der Waals surface area contributed by atoms with E-state index in [9.17, 15) is 15.0 Å². The molecule has 0 spiro atoms. The van der Waals surface area contributed by atoms with Crippen molar-refractivity contribution in [3.63, 3.8) is 0 Å². The summed E-state index contributed by atoms with van der Waals surface area (Å²) in [5.41, 5.74) is 0.560. The van der Waals surface area contributed by atoms with Crippen molar-refractivity contribution in [1.82, 2.24) is 10.2 Å². The lowest BCUT2D eigenvalue weighted by Gasteiger charge is -2.38. The van der Waals surface area contributed by atoms with Gasteiger partial charge in [0.15, 0.2) is 0 Å². The molecule has 0 atom stereocenters. The van der Waals surface area contributed by atoms with Crippen molar-refractivity contribution in [2.45, 2.75) is 43.8 Å². The zero-order valence-electron chi connectivity index (χ0n) is 17.8. The minimum atomic E-state index is -0.785. The lowest BCUT2D eigenvalue weighted by molar-refractivity contribution is -0.133. The Bertz CT molecular complexity index is 857. The number of rotatable bonds is 2. The maximum atomic E-state index is 11.2. The minimum absolute atomic E-state index is 0.0860. The second-order valence-electron chi connectivity index (χ2n) is 8.33. The molecule has 168 valence electrons. The number of hydrogen-bond donors (Lipinski definition) is 3. The van der Waals surface area contributed by atoms with Crippen LogP contribution in [0, 0.1) is 0 Å². The fourth-order valence-electron chi connectivity index (χ4n) is 4.13. The van der Waals surface area contributed by atoms with Crippen LogP contribution >= 0.6 is 31.9 Å². The summed E-state index contributed by atoms with van der Waals surface area (Å²) in [4.78, 5) is 13.0. The SMILES string of the molecule is CC(=O)N1CCC(O)(c2ccc(Br)cc2)CC1.OC1(c2ccc(Br)cc2)CCNCC1. The van der Waals surface area contributed by atoms with Crippen molar-refractivity contribution in [2.75, 3.05) is 26.2 Å². The lowest BCUT2D eigenvalue weighted by Crippen LogP contribution is -2.44. The molecule has 31 heavy (non-hydrogen) atoms. The van der Waals surface area contributed by atoms with Crippen molar-refractivity contribution in [1.29, 1.82) is 0 Å². The van der Waals surface area contributed by atoms with Gasteiger partial charge in [0.25, 0.3) is 0 Å². The second kappa shape index (κ2) is 10.6. The molecule has 0 aromatic heterocycles. The second-order valence-corrected chi connectivity index (χ2v) is 10.2. The molecule has 0 unspecified atom stereocenters. The Hall–Kier alpha value is -1.25. The van der Waals surface area contributed by atoms with Crippen LogP contribution in [0.25, 0.3) is 0 Å². The molecule has 0 aliphatic carbocycles. The van der Waals surface area contributed by atoms with Crippen molar-refractivity contribution in [3.05, 3.63) is 68.6 Å². The molecule has 2 aromatic rings. The van der Waals surface area contributed by atoms with E-state index in [1.807, 2.05) is 48.5 Å². The van der Waals surface area contributed by atoms with E-state index in [-0.39, 0.29) is 5.91 Å². The van der Waals surface area contributed by atoms with Crippen LogP contribution in [0.2, 0.25) is 0 Å². The van der Waals surface area contributed by atoms with Crippen molar-refractivity contribution in [3.8, 4) is 0 Å². The van der Waals surface area contributed by atoms with Gasteiger partial charge < -0.3 is 20.4 Å². The summed E-state index contributed by atoms with van der Waals surface area (Å²) in [7, 11) is 0. The van der Waals surface area contributed by atoms with Gasteiger partial charge in [-0.2, -0.15) is 0 Å². The van der Waals surface area contributed by atoms with E-state index in [2.05, 4.69) is 37.2 Å². The number of carbonyl (C=O) groups excluding carboxylic acids is 1. The number of amides is 1. The zero-order chi connectivity index (χ0) is 22.5. The van der Waals surface area contributed by atoms with Crippen LogP contribution in [0.4, 0.5) is 0 Å². The molecule has 7 heteroatoms. The fourth-order valence-corrected chi connectivity index (χ4v) is 4.66. The standard InChI is InChI=1S/C13H16BrNO2.C11H14BrNO/c1-10(16)15-8-6-13(17,7-9-15)11-2-4-12(14)5-3-11;12-10-3-1-9(2-4-10)11(14)5-7-13-8-6-11/h2-5,17H,6-9H2,1H3;1-4,13-14H,5-8H2. The molecular formula is C24H30Br2N2O3. The molecule has 0 saturated carbocycles. The number of aliphatic hydroxyl groups is 2. The average molecular weight is 554 g/mol. The first-order valence-corrected chi connectivity index (χ1v) is 12.2. The highest BCUT2D eigenvalue weighted by atomic mass is 79.9. The molecule has 2 aromatic carbocycles. The third-order valence-corrected chi connectivity index (χ3v) is 7.29. The molecule has 2 saturated heterocycles. The predicted octanol–water partition coefficient (Wildman–Crippen LogP) is 4.30. The summed E-state index contributed by atoms with van der Waals surface area (Å²) in [5, 5.41) is 24.2. The maximum Gasteiger partial charge on any atom is 0.219 e. The largest absolute Gasteiger partial charge is 0.385 e. The van der Waals surface area contributed by atoms with Gasteiger partial charge in [-0.05, 0) is 74.2 Å². The Morgan fingerprint density at radius 3 is 1.58 bits per heavy atom. The molecule has 2 heterocycles. The lowest BCUT2D eigenvalue weighted by atomic mass is 9.84. The van der Waals surface area contributed by atoms with Gasteiger partial charge in [-0.3, -0.25) is 4.79 Å². The quantitative estimate of drug-likeness (QED) is 0.518. The van der Waals surface area contributed by atoms with Gasteiger partial charge in [0.05, 0.1) is 11.2 Å². The molecule has 0 bridgehead atoms. The molecule has 2 aliphatic heterocycles. The average Bonchev–Trinajstić information content (AvgIpc) is 2.76. The summed E-state index contributed by atoms with van der Waals surface area (Å²) in [6, 6.07) is 15.7. The van der Waals surface area contributed by atoms with Gasteiger partial charge in [0.1, 0.15) is 0 Å². The van der Waals surface area contributed by atoms with Crippen molar-refractivity contribution < 1.29 is 15.0 Å². The Labute approximate surface area is 201 Å². The Morgan fingerprint density at radius 1 is 0.806 bits per heavy atom. The first kappa shape index (κ1) is 24.4. The number of hydrogen-bond acceptors (Lipinski definition) is 4. The normalized spacial score (nSPS) is 19.8. The minimum Gasteiger partial charge on any atom is -0.385 e. The fraction of sp³-hybridized carbons (Fsp3) is 0.458. The van der Waals surface area contributed by atoms with Crippen LogP contribution in [-0.4, -0.2) is 47.2 Å². The van der Waals surface area contributed by atoms with Gasteiger partial charge in [0.2, 0.25) is 5.91 Å². The van der Waals surface area contributed by atoms with E-state index in [1.54, 1.807) is 11.8 Å². The van der Waals surface area contributed by atoms with E-state index in [4.69, 9.17) is 0 Å². The third-order valence-electron chi connectivity index (χ3n) is 6.23. The van der Waals surface area contributed by atoms with E-state index >= 15 is 0 Å². The van der Waals surface area contributed by atoms with E-state index in [0.29, 0.717) is 25.9 Å². The first-order valence-electron chi connectivity index (χ1n) is 10.6. The van der Waals surface area contributed by atoms with Gasteiger partial charge in [-0.25, -0.2) is 0 Å². The number of piperidine rings is 2. The summed E-state index contributed by atoms with van der Waals surface area (Å²) in [6.45, 7) is 4.62. The summed E-state index contributed by atoms with van der Waals surface area (Å²) >= 11 is 6.77. The van der Waals surface area contributed by atoms with Crippen LogP contribution < -0.4 is 5.32 Å². The van der Waals surface area contributed by atoms with Crippen LogP contribution in [0.3, 0.4) is 0 Å². The summed E-state index contributed by atoms with van der Waals surface area (Å²) in [6.07, 6.45) is 2.81. The molecule has 2 aliphatic rings. The highest BCUT2D eigenvalue weighted by Crippen LogP contribution is 2.33. The molecule has 0 radical (unpaired) electrons. The van der Waals surface area contributed by atoms with Gasteiger partial charge in [-0.1, -0.05) is 56.1 Å². The van der Waals surface area contributed by atoms with Crippen LogP contribution in [0.15, 0.2) is 57.5 Å². The molecule has 3 N–H and O–H groups in total. The monoisotopic (exact) mass is 552 g/mol. The van der Waals surface area contributed by atoms with Crippen LogP contribution in [-0.2, 0) is 16.0 Å². The van der Waals surface area contributed by atoms with E-state index < -0.39 is 11.2 Å². The molecule has 4 rings (SSSR count). The topological polar surface area (TPSA) is 72.8 Å². The highest BCUT2D eigenvalue weighted by molar-refractivity contribution is 9.10. The number of nitrogens with one attached hydrogen (secondary N) is 1. The first-order chi connectivity index (χ1) is 14.7. The number of halogens is 2. The molecule has 2 fully saturated rings. The Balaban J connectivity index is 0.000000179. The molecular weight excluding hydrogens is 524 g/mol. The van der Waals surface area contributed by atoms with Crippen molar-refractivity contribution >= 4 is 37.8 Å². The summed E-state index contributed by atoms with van der Waals surface area (Å²) in [5.74, 6) is 0.0860. The van der Waals surface area contributed by atoms with E-state index in [0.717, 1.165) is 46.0 Å². The maximum absolute atomic E-state index is 11.2. The van der Waals surface area contributed by atoms with Crippen LogP contribution in [0.1, 0.15) is 43.7 Å². The predicted molar refractivity (Wildman–Crippen MR) is 130 cm³/mol. The van der Waals surface area contributed by atoms with Gasteiger partial charge in [-0.15, -0.1) is 0 Å². The summed E-state index contributed by atoms with van der Waals surface area (Å²) < 4.78 is 2.06. The van der Waals surface area contributed by atoms with Crippen LogP contribution in [0.5, 0.6) is 0 Å². The van der Waals surface area contributed by atoms with E-state index in [1.165, 1.54) is 0 Å². The van der Waals surface area contributed by atoms with Gasteiger partial charge in [0, 0.05) is 29.0 Å². The Kier molecular flexibility index (Phi) is 8.32.